The normalized spacial score (nSPS) is 20.2. The quantitative estimate of drug-likeness (QED) is 0.755. The maximum atomic E-state index is 12.1. The third kappa shape index (κ3) is 3.83. The van der Waals surface area contributed by atoms with Gasteiger partial charge in [0.1, 0.15) is 6.04 Å². The zero-order chi connectivity index (χ0) is 15.2. The van der Waals surface area contributed by atoms with Crippen LogP contribution in [0.25, 0.3) is 0 Å². The Morgan fingerprint density at radius 2 is 2.24 bits per heavy atom. The first kappa shape index (κ1) is 16.0. The van der Waals surface area contributed by atoms with Crippen LogP contribution in [0.2, 0.25) is 0 Å². The summed E-state index contributed by atoms with van der Waals surface area (Å²) < 4.78 is 9.60. The number of ether oxygens (including phenoxy) is 2. The van der Waals surface area contributed by atoms with Gasteiger partial charge in [0.05, 0.1) is 14.2 Å². The number of hydrogen-bond donors (Lipinski definition) is 0. The number of hydrogen-bond acceptors (Lipinski definition) is 6. The van der Waals surface area contributed by atoms with Crippen LogP contribution in [0.3, 0.4) is 0 Å². The molecule has 1 aromatic heterocycles. The van der Waals surface area contributed by atoms with Gasteiger partial charge >= 0.3 is 11.9 Å². The monoisotopic (exact) mass is 311 g/mol. The molecule has 0 spiro atoms. The van der Waals surface area contributed by atoms with Crippen molar-refractivity contribution in [3.8, 4) is 0 Å². The summed E-state index contributed by atoms with van der Waals surface area (Å²) in [5.41, 5.74) is 0. The van der Waals surface area contributed by atoms with E-state index in [0.29, 0.717) is 6.42 Å². The molecule has 1 aliphatic rings. The van der Waals surface area contributed by atoms with E-state index in [1.54, 1.807) is 11.3 Å². The average Bonchev–Trinajstić information content (AvgIpc) is 3.17. The van der Waals surface area contributed by atoms with E-state index in [2.05, 4.69) is 15.7 Å². The van der Waals surface area contributed by atoms with E-state index >= 15 is 0 Å². The maximum absolute atomic E-state index is 12.1. The van der Waals surface area contributed by atoms with Gasteiger partial charge in [-0.25, -0.2) is 0 Å². The molecular weight excluding hydrogens is 290 g/mol. The predicted molar refractivity (Wildman–Crippen MR) is 80.1 cm³/mol. The summed E-state index contributed by atoms with van der Waals surface area (Å²) in [6.45, 7) is 0.851. The second kappa shape index (κ2) is 7.56. The van der Waals surface area contributed by atoms with Crippen molar-refractivity contribution in [2.75, 3.05) is 20.8 Å². The summed E-state index contributed by atoms with van der Waals surface area (Å²) in [6.07, 6.45) is 2.74. The number of carbonyl (C=O) groups excluding carboxylic acids is 2. The molecule has 0 unspecified atom stereocenters. The third-order valence-corrected chi connectivity index (χ3v) is 4.86. The number of methoxy groups -OCH3 is 2. The zero-order valence-corrected chi connectivity index (χ0v) is 13.2. The van der Waals surface area contributed by atoms with Crippen molar-refractivity contribution in [2.24, 2.45) is 0 Å². The van der Waals surface area contributed by atoms with Crippen molar-refractivity contribution in [3.05, 3.63) is 22.4 Å². The van der Waals surface area contributed by atoms with E-state index < -0.39 is 0 Å². The Morgan fingerprint density at radius 1 is 1.43 bits per heavy atom. The lowest BCUT2D eigenvalue weighted by atomic mass is 10.1. The Kier molecular flexibility index (Phi) is 5.76. The van der Waals surface area contributed by atoms with Crippen molar-refractivity contribution in [1.82, 2.24) is 4.90 Å². The largest absolute Gasteiger partial charge is 0.469 e. The lowest BCUT2D eigenvalue weighted by Gasteiger charge is -2.30. The molecule has 1 aromatic rings. The van der Waals surface area contributed by atoms with Gasteiger partial charge in [-0.2, -0.15) is 0 Å². The fourth-order valence-corrected chi connectivity index (χ4v) is 3.74. The fourth-order valence-electron chi connectivity index (χ4n) is 2.86. The summed E-state index contributed by atoms with van der Waals surface area (Å²) in [5.74, 6) is -0.571. The molecule has 0 N–H and O–H groups in total. The van der Waals surface area contributed by atoms with Gasteiger partial charge in [0.15, 0.2) is 0 Å². The maximum Gasteiger partial charge on any atom is 0.323 e. The number of thiophene rings is 1. The Morgan fingerprint density at radius 3 is 2.86 bits per heavy atom. The van der Waals surface area contributed by atoms with Gasteiger partial charge in [-0.15, -0.1) is 11.3 Å². The molecule has 0 radical (unpaired) electrons. The molecule has 0 saturated carbocycles. The minimum atomic E-state index is -0.385. The summed E-state index contributed by atoms with van der Waals surface area (Å²) in [7, 11) is 2.75. The summed E-state index contributed by atoms with van der Waals surface area (Å²) in [6, 6.07) is 3.98. The standard InChI is InChI=1S/C15H21NO4S/c1-19-14(17)8-7-12(15(18)20-2)16-9-3-5-11(16)13-6-4-10-21-13/h4,6,10-12H,3,5,7-9H2,1-2H3/t11-,12-/m1/s1. The summed E-state index contributed by atoms with van der Waals surface area (Å²) in [5, 5.41) is 2.05. The van der Waals surface area contributed by atoms with Crippen LogP contribution < -0.4 is 0 Å². The van der Waals surface area contributed by atoms with E-state index in [4.69, 9.17) is 4.74 Å². The van der Waals surface area contributed by atoms with Crippen molar-refractivity contribution in [3.63, 3.8) is 0 Å². The molecular formula is C15H21NO4S. The highest BCUT2D eigenvalue weighted by atomic mass is 32.1. The number of nitrogens with zero attached hydrogens (tertiary/aromatic N) is 1. The molecule has 2 rings (SSSR count). The fraction of sp³-hybridized carbons (Fsp3) is 0.600. The molecule has 0 bridgehead atoms. The lowest BCUT2D eigenvalue weighted by Crippen LogP contribution is -2.41. The van der Waals surface area contributed by atoms with Gasteiger partial charge in [0.2, 0.25) is 0 Å². The first-order valence-electron chi connectivity index (χ1n) is 7.11. The predicted octanol–water partition coefficient (Wildman–Crippen LogP) is 2.38. The minimum Gasteiger partial charge on any atom is -0.469 e. The highest BCUT2D eigenvalue weighted by Gasteiger charge is 2.36. The second-order valence-electron chi connectivity index (χ2n) is 5.07. The van der Waals surface area contributed by atoms with Crippen LogP contribution in [0.4, 0.5) is 0 Å². The van der Waals surface area contributed by atoms with Crippen LogP contribution in [0, 0.1) is 0 Å². The van der Waals surface area contributed by atoms with Crippen LogP contribution >= 0.6 is 11.3 Å². The van der Waals surface area contributed by atoms with Crippen molar-refractivity contribution in [2.45, 2.75) is 37.8 Å². The molecule has 0 aromatic carbocycles. The molecule has 6 heteroatoms. The first-order chi connectivity index (χ1) is 10.2. The molecule has 21 heavy (non-hydrogen) atoms. The topological polar surface area (TPSA) is 55.8 Å². The Hall–Kier alpha value is -1.40. The number of rotatable bonds is 6. The van der Waals surface area contributed by atoms with E-state index in [1.807, 2.05) is 11.4 Å². The SMILES string of the molecule is COC(=O)CC[C@H](C(=O)OC)N1CCC[C@@H]1c1cccs1. The number of carbonyl (C=O) groups is 2. The van der Waals surface area contributed by atoms with Gasteiger partial charge in [0.25, 0.3) is 0 Å². The third-order valence-electron chi connectivity index (χ3n) is 3.89. The van der Waals surface area contributed by atoms with Crippen molar-refractivity contribution in [1.29, 1.82) is 0 Å². The van der Waals surface area contributed by atoms with Crippen LogP contribution in [-0.4, -0.2) is 43.6 Å². The molecule has 1 fully saturated rings. The summed E-state index contributed by atoms with van der Waals surface area (Å²) in [4.78, 5) is 26.9. The molecule has 2 heterocycles. The molecule has 2 atom stereocenters. The van der Waals surface area contributed by atoms with E-state index in [9.17, 15) is 9.59 Å². The molecule has 1 saturated heterocycles. The number of esters is 2. The average molecular weight is 311 g/mol. The highest BCUT2D eigenvalue weighted by Crippen LogP contribution is 2.37. The van der Waals surface area contributed by atoms with Crippen LogP contribution in [-0.2, 0) is 19.1 Å². The van der Waals surface area contributed by atoms with E-state index in [-0.39, 0.29) is 30.4 Å². The van der Waals surface area contributed by atoms with Crippen LogP contribution in [0.5, 0.6) is 0 Å². The van der Waals surface area contributed by atoms with Crippen LogP contribution in [0.15, 0.2) is 17.5 Å². The second-order valence-corrected chi connectivity index (χ2v) is 6.04. The lowest BCUT2D eigenvalue weighted by molar-refractivity contribution is -0.148. The van der Waals surface area contributed by atoms with Crippen molar-refractivity contribution < 1.29 is 19.1 Å². The number of likely N-dealkylation sites (tertiary alicyclic amines) is 1. The van der Waals surface area contributed by atoms with Gasteiger partial charge in [-0.3, -0.25) is 14.5 Å². The molecule has 0 amide bonds. The van der Waals surface area contributed by atoms with E-state index in [1.165, 1.54) is 19.1 Å². The Labute approximate surface area is 128 Å². The first-order valence-corrected chi connectivity index (χ1v) is 7.99. The van der Waals surface area contributed by atoms with Gasteiger partial charge in [-0.05, 0) is 37.3 Å². The van der Waals surface area contributed by atoms with E-state index in [0.717, 1.165) is 19.4 Å². The molecule has 0 aliphatic carbocycles. The summed E-state index contributed by atoms with van der Waals surface area (Å²) >= 11 is 1.70. The molecule has 5 nitrogen and oxygen atoms in total. The molecule has 116 valence electrons. The Balaban J connectivity index is 2.11. The zero-order valence-electron chi connectivity index (χ0n) is 12.4. The molecule has 1 aliphatic heterocycles. The van der Waals surface area contributed by atoms with Gasteiger partial charge < -0.3 is 9.47 Å². The smallest absolute Gasteiger partial charge is 0.323 e. The van der Waals surface area contributed by atoms with Crippen molar-refractivity contribution >= 4 is 23.3 Å². The Bertz CT molecular complexity index is 474. The van der Waals surface area contributed by atoms with Crippen LogP contribution in [0.1, 0.15) is 36.6 Å². The minimum absolute atomic E-state index is 0.226. The highest BCUT2D eigenvalue weighted by molar-refractivity contribution is 7.10. The van der Waals surface area contributed by atoms with Gasteiger partial charge in [-0.1, -0.05) is 6.07 Å². The van der Waals surface area contributed by atoms with Gasteiger partial charge in [0, 0.05) is 17.3 Å².